The molecule has 1 atom stereocenters. The molecule has 0 saturated heterocycles. The Bertz CT molecular complexity index is 517. The summed E-state index contributed by atoms with van der Waals surface area (Å²) in [5.74, 6) is 0.732. The van der Waals surface area contributed by atoms with Gasteiger partial charge in [0.1, 0.15) is 11.9 Å². The average Bonchev–Trinajstić information content (AvgIpc) is 2.68. The number of imidazole rings is 1. The van der Waals surface area contributed by atoms with E-state index >= 15 is 0 Å². The Labute approximate surface area is 101 Å². The first kappa shape index (κ1) is 12.1. The number of fused-ring (bicyclic) bond motifs is 1. The predicted octanol–water partition coefficient (Wildman–Crippen LogP) is 1.96. The highest BCUT2D eigenvalue weighted by molar-refractivity contribution is 5.77. The predicted molar refractivity (Wildman–Crippen MR) is 68.5 cm³/mol. The molecule has 0 aliphatic carbocycles. The van der Waals surface area contributed by atoms with Gasteiger partial charge in [-0.3, -0.25) is 0 Å². The molecule has 1 aromatic carbocycles. The van der Waals surface area contributed by atoms with Crippen molar-refractivity contribution < 1.29 is 5.11 Å². The molecule has 4 heteroatoms. The molecule has 1 heterocycles. The maximum Gasteiger partial charge on any atom is 0.138 e. The number of benzene rings is 1. The normalized spacial score (nSPS) is 13.2. The Kier molecular flexibility index (Phi) is 3.45. The molecule has 0 fully saturated rings. The molecule has 1 aromatic heterocycles. The highest BCUT2D eigenvalue weighted by Gasteiger charge is 2.14. The molecule has 0 aliphatic heterocycles. The van der Waals surface area contributed by atoms with Crippen LogP contribution in [0.3, 0.4) is 0 Å². The summed E-state index contributed by atoms with van der Waals surface area (Å²) in [7, 11) is 0. The minimum atomic E-state index is -0.546. The van der Waals surface area contributed by atoms with Gasteiger partial charge in [-0.1, -0.05) is 13.0 Å². The standard InChI is InChI=1S/C13H19N3O/c1-3-6-16-12-5-4-10(8-14)7-11(12)15-13(16)9(2)17/h4-5,7,9,17H,3,6,8,14H2,1-2H3/t9-/m0/s1. The zero-order valence-corrected chi connectivity index (χ0v) is 10.3. The van der Waals surface area contributed by atoms with E-state index in [9.17, 15) is 5.11 Å². The molecule has 0 saturated carbocycles. The minimum absolute atomic E-state index is 0.514. The van der Waals surface area contributed by atoms with E-state index in [1.807, 2.05) is 18.2 Å². The van der Waals surface area contributed by atoms with Crippen molar-refractivity contribution in [2.24, 2.45) is 5.73 Å². The fourth-order valence-corrected chi connectivity index (χ4v) is 2.10. The molecule has 0 amide bonds. The molecule has 0 unspecified atom stereocenters. The average molecular weight is 233 g/mol. The van der Waals surface area contributed by atoms with Gasteiger partial charge >= 0.3 is 0 Å². The zero-order valence-electron chi connectivity index (χ0n) is 10.3. The van der Waals surface area contributed by atoms with Crippen LogP contribution in [0, 0.1) is 0 Å². The van der Waals surface area contributed by atoms with Gasteiger partial charge in [-0.05, 0) is 31.0 Å². The van der Waals surface area contributed by atoms with Crippen molar-refractivity contribution in [1.29, 1.82) is 0 Å². The third-order valence-electron chi connectivity index (χ3n) is 2.90. The van der Waals surface area contributed by atoms with Crippen molar-refractivity contribution in [2.75, 3.05) is 0 Å². The number of aliphatic hydroxyl groups excluding tert-OH is 1. The van der Waals surface area contributed by atoms with E-state index in [0.29, 0.717) is 6.54 Å². The Balaban J connectivity index is 2.61. The van der Waals surface area contributed by atoms with Crippen LogP contribution in [0.25, 0.3) is 11.0 Å². The first-order chi connectivity index (χ1) is 8.17. The van der Waals surface area contributed by atoms with Gasteiger partial charge in [0.25, 0.3) is 0 Å². The molecule has 0 radical (unpaired) electrons. The lowest BCUT2D eigenvalue weighted by molar-refractivity contribution is 0.184. The lowest BCUT2D eigenvalue weighted by atomic mass is 10.2. The van der Waals surface area contributed by atoms with E-state index in [0.717, 1.165) is 35.4 Å². The molecule has 3 N–H and O–H groups in total. The topological polar surface area (TPSA) is 64.1 Å². The lowest BCUT2D eigenvalue weighted by Crippen LogP contribution is -2.06. The van der Waals surface area contributed by atoms with Crippen molar-refractivity contribution in [3.05, 3.63) is 29.6 Å². The number of aromatic nitrogens is 2. The van der Waals surface area contributed by atoms with Crippen LogP contribution in [-0.2, 0) is 13.1 Å². The number of rotatable bonds is 4. The van der Waals surface area contributed by atoms with E-state index in [4.69, 9.17) is 5.73 Å². The van der Waals surface area contributed by atoms with Crippen LogP contribution in [0.4, 0.5) is 0 Å². The Morgan fingerprint density at radius 2 is 2.24 bits per heavy atom. The molecular formula is C13H19N3O. The number of hydrogen-bond donors (Lipinski definition) is 2. The number of nitrogens with zero attached hydrogens (tertiary/aromatic N) is 2. The quantitative estimate of drug-likeness (QED) is 0.848. The van der Waals surface area contributed by atoms with Crippen LogP contribution < -0.4 is 5.73 Å². The SMILES string of the molecule is CCCn1c([C@H](C)O)nc2cc(CN)ccc21. The summed E-state index contributed by atoms with van der Waals surface area (Å²) in [4.78, 5) is 4.50. The molecule has 0 spiro atoms. The molecule has 4 nitrogen and oxygen atoms in total. The van der Waals surface area contributed by atoms with Gasteiger partial charge in [0.2, 0.25) is 0 Å². The molecule has 2 rings (SSSR count). The van der Waals surface area contributed by atoms with Crippen molar-refractivity contribution in [2.45, 2.75) is 39.5 Å². The van der Waals surface area contributed by atoms with Gasteiger partial charge in [-0.15, -0.1) is 0 Å². The zero-order chi connectivity index (χ0) is 12.4. The smallest absolute Gasteiger partial charge is 0.138 e. The summed E-state index contributed by atoms with van der Waals surface area (Å²) in [5, 5.41) is 9.75. The van der Waals surface area contributed by atoms with Gasteiger partial charge in [-0.2, -0.15) is 0 Å². The van der Waals surface area contributed by atoms with Gasteiger partial charge in [0, 0.05) is 13.1 Å². The fourth-order valence-electron chi connectivity index (χ4n) is 2.10. The summed E-state index contributed by atoms with van der Waals surface area (Å²) < 4.78 is 2.08. The van der Waals surface area contributed by atoms with E-state index in [1.54, 1.807) is 6.92 Å². The number of aryl methyl sites for hydroxylation is 1. The number of hydrogen-bond acceptors (Lipinski definition) is 3. The van der Waals surface area contributed by atoms with Crippen LogP contribution in [0.2, 0.25) is 0 Å². The summed E-state index contributed by atoms with van der Waals surface area (Å²) >= 11 is 0. The van der Waals surface area contributed by atoms with E-state index in [1.165, 1.54) is 0 Å². The number of aliphatic hydroxyl groups is 1. The summed E-state index contributed by atoms with van der Waals surface area (Å²) in [6.07, 6.45) is 0.472. The van der Waals surface area contributed by atoms with Crippen LogP contribution in [-0.4, -0.2) is 14.7 Å². The Morgan fingerprint density at radius 1 is 1.47 bits per heavy atom. The summed E-state index contributed by atoms with van der Waals surface area (Å²) in [6, 6.07) is 6.04. The first-order valence-corrected chi connectivity index (χ1v) is 6.04. The van der Waals surface area contributed by atoms with E-state index in [2.05, 4.69) is 16.5 Å². The van der Waals surface area contributed by atoms with Gasteiger partial charge in [0.05, 0.1) is 11.0 Å². The van der Waals surface area contributed by atoms with Crippen LogP contribution in [0.15, 0.2) is 18.2 Å². The van der Waals surface area contributed by atoms with E-state index < -0.39 is 6.10 Å². The monoisotopic (exact) mass is 233 g/mol. The second-order valence-electron chi connectivity index (χ2n) is 4.32. The first-order valence-electron chi connectivity index (χ1n) is 6.04. The maximum absolute atomic E-state index is 9.75. The molecule has 17 heavy (non-hydrogen) atoms. The maximum atomic E-state index is 9.75. The Morgan fingerprint density at radius 3 is 2.82 bits per heavy atom. The molecule has 0 aliphatic rings. The van der Waals surface area contributed by atoms with Crippen molar-refractivity contribution in [3.63, 3.8) is 0 Å². The van der Waals surface area contributed by atoms with Crippen molar-refractivity contribution in [1.82, 2.24) is 9.55 Å². The van der Waals surface area contributed by atoms with E-state index in [-0.39, 0.29) is 0 Å². The second-order valence-corrected chi connectivity index (χ2v) is 4.32. The van der Waals surface area contributed by atoms with Crippen molar-refractivity contribution >= 4 is 11.0 Å². The highest BCUT2D eigenvalue weighted by Crippen LogP contribution is 2.22. The number of nitrogens with two attached hydrogens (primary N) is 1. The Hall–Kier alpha value is -1.39. The molecule has 2 aromatic rings. The lowest BCUT2D eigenvalue weighted by Gasteiger charge is -2.09. The fraction of sp³-hybridized carbons (Fsp3) is 0.462. The van der Waals surface area contributed by atoms with Crippen molar-refractivity contribution in [3.8, 4) is 0 Å². The largest absolute Gasteiger partial charge is 0.385 e. The van der Waals surface area contributed by atoms with Gasteiger partial charge < -0.3 is 15.4 Å². The third kappa shape index (κ3) is 2.18. The highest BCUT2D eigenvalue weighted by atomic mass is 16.3. The van der Waals surface area contributed by atoms with Crippen LogP contribution in [0.1, 0.15) is 37.8 Å². The molecule has 0 bridgehead atoms. The summed E-state index contributed by atoms with van der Waals surface area (Å²) in [5.41, 5.74) is 8.67. The molecular weight excluding hydrogens is 214 g/mol. The summed E-state index contributed by atoms with van der Waals surface area (Å²) in [6.45, 7) is 5.25. The van der Waals surface area contributed by atoms with Crippen LogP contribution >= 0.6 is 0 Å². The van der Waals surface area contributed by atoms with Gasteiger partial charge in [-0.25, -0.2) is 4.98 Å². The third-order valence-corrected chi connectivity index (χ3v) is 2.90. The van der Waals surface area contributed by atoms with Gasteiger partial charge in [0.15, 0.2) is 0 Å². The van der Waals surface area contributed by atoms with Crippen LogP contribution in [0.5, 0.6) is 0 Å². The minimum Gasteiger partial charge on any atom is -0.385 e. The second kappa shape index (κ2) is 4.85. The molecule has 92 valence electrons.